The first-order valence-electron chi connectivity index (χ1n) is 4.74. The zero-order valence-electron chi connectivity index (χ0n) is 9.03. The third-order valence-electron chi connectivity index (χ3n) is 1.90. The largest absolute Gasteiger partial charge is 0.383 e. The Morgan fingerprint density at radius 2 is 2.47 bits per heavy atom. The van der Waals surface area contributed by atoms with E-state index in [9.17, 15) is 0 Å². The van der Waals surface area contributed by atoms with Gasteiger partial charge in [0.05, 0.1) is 13.2 Å². The van der Waals surface area contributed by atoms with Gasteiger partial charge in [-0.25, -0.2) is 0 Å². The van der Waals surface area contributed by atoms with Crippen molar-refractivity contribution in [2.24, 2.45) is 0 Å². The maximum Gasteiger partial charge on any atom is 0.169 e. The monoisotopic (exact) mass is 244 g/mol. The topological polar surface area (TPSA) is 24.5 Å². The number of thiophene rings is 1. The number of ether oxygens (including phenoxy) is 1. The van der Waals surface area contributed by atoms with E-state index < -0.39 is 0 Å². The van der Waals surface area contributed by atoms with Crippen LogP contribution in [-0.4, -0.2) is 37.3 Å². The number of nitrogens with one attached hydrogen (secondary N) is 1. The molecule has 0 radical (unpaired) electrons. The van der Waals surface area contributed by atoms with Gasteiger partial charge in [0.25, 0.3) is 0 Å². The average Bonchev–Trinajstić information content (AvgIpc) is 2.70. The summed E-state index contributed by atoms with van der Waals surface area (Å²) in [4.78, 5) is 3.34. The number of hydrogen-bond donors (Lipinski definition) is 1. The molecule has 0 bridgehead atoms. The van der Waals surface area contributed by atoms with Gasteiger partial charge in [-0.3, -0.25) is 0 Å². The Morgan fingerprint density at radius 3 is 3.07 bits per heavy atom. The van der Waals surface area contributed by atoms with Gasteiger partial charge in [-0.2, -0.15) is 0 Å². The first-order valence-corrected chi connectivity index (χ1v) is 6.03. The molecule has 0 unspecified atom stereocenters. The van der Waals surface area contributed by atoms with Crippen molar-refractivity contribution in [3.05, 3.63) is 22.4 Å². The van der Waals surface area contributed by atoms with E-state index in [1.807, 2.05) is 11.9 Å². The predicted molar refractivity (Wildman–Crippen MR) is 68.3 cm³/mol. The molecule has 1 aromatic rings. The summed E-state index contributed by atoms with van der Waals surface area (Å²) in [6.07, 6.45) is 0. The molecule has 1 N–H and O–H groups in total. The smallest absolute Gasteiger partial charge is 0.169 e. The molecule has 0 atom stereocenters. The fraction of sp³-hybridized carbons (Fsp3) is 0.500. The molecular formula is C10H16N2OS2. The number of hydrogen-bond acceptors (Lipinski definition) is 3. The molecule has 0 aromatic carbocycles. The molecule has 0 saturated carbocycles. The number of methoxy groups -OCH3 is 1. The van der Waals surface area contributed by atoms with Crippen LogP contribution < -0.4 is 5.32 Å². The van der Waals surface area contributed by atoms with Crippen LogP contribution >= 0.6 is 23.6 Å². The second-order valence-corrected chi connectivity index (χ2v) is 4.58. The van der Waals surface area contributed by atoms with Crippen LogP contribution in [0.5, 0.6) is 0 Å². The van der Waals surface area contributed by atoms with Gasteiger partial charge in [-0.05, 0) is 23.7 Å². The van der Waals surface area contributed by atoms with E-state index in [2.05, 4.69) is 22.8 Å². The molecular weight excluding hydrogens is 228 g/mol. The Morgan fingerprint density at radius 1 is 1.67 bits per heavy atom. The SMILES string of the molecule is COCCNC(=S)N(C)Cc1cccs1. The lowest BCUT2D eigenvalue weighted by Gasteiger charge is -2.20. The van der Waals surface area contributed by atoms with Crippen LogP contribution in [0.2, 0.25) is 0 Å². The zero-order chi connectivity index (χ0) is 11.1. The van der Waals surface area contributed by atoms with Gasteiger partial charge < -0.3 is 15.0 Å². The maximum absolute atomic E-state index is 5.23. The molecule has 1 aromatic heterocycles. The van der Waals surface area contributed by atoms with Crippen molar-refractivity contribution >= 4 is 28.7 Å². The minimum absolute atomic E-state index is 0.674. The van der Waals surface area contributed by atoms with Gasteiger partial charge in [-0.1, -0.05) is 6.07 Å². The van der Waals surface area contributed by atoms with Crippen LogP contribution in [0.15, 0.2) is 17.5 Å². The number of thiocarbonyl (C=S) groups is 1. The van der Waals surface area contributed by atoms with E-state index in [1.54, 1.807) is 18.4 Å². The van der Waals surface area contributed by atoms with E-state index >= 15 is 0 Å². The maximum atomic E-state index is 5.23. The molecule has 0 aliphatic heterocycles. The number of nitrogens with zero attached hydrogens (tertiary/aromatic N) is 1. The van der Waals surface area contributed by atoms with Crippen molar-refractivity contribution in [1.29, 1.82) is 0 Å². The summed E-state index contributed by atoms with van der Waals surface area (Å²) in [7, 11) is 3.67. The first kappa shape index (κ1) is 12.4. The standard InChI is InChI=1S/C10H16N2OS2/c1-12(8-9-4-3-7-15-9)10(14)11-5-6-13-2/h3-4,7H,5-6,8H2,1-2H3,(H,11,14). The Bertz CT molecular complexity index is 288. The highest BCUT2D eigenvalue weighted by Gasteiger charge is 2.04. The molecule has 15 heavy (non-hydrogen) atoms. The molecule has 84 valence electrons. The molecule has 0 fully saturated rings. The summed E-state index contributed by atoms with van der Waals surface area (Å²) in [5.41, 5.74) is 0. The lowest BCUT2D eigenvalue weighted by atomic mass is 10.4. The quantitative estimate of drug-likeness (QED) is 0.629. The molecule has 1 rings (SSSR count). The Balaban J connectivity index is 2.27. The molecule has 0 aliphatic carbocycles. The average molecular weight is 244 g/mol. The van der Waals surface area contributed by atoms with Crippen LogP contribution in [0.1, 0.15) is 4.88 Å². The minimum atomic E-state index is 0.674. The highest BCUT2D eigenvalue weighted by molar-refractivity contribution is 7.80. The second kappa shape index (κ2) is 6.76. The van der Waals surface area contributed by atoms with E-state index in [4.69, 9.17) is 17.0 Å². The van der Waals surface area contributed by atoms with Crippen molar-refractivity contribution in [2.45, 2.75) is 6.54 Å². The third kappa shape index (κ3) is 4.59. The van der Waals surface area contributed by atoms with Crippen LogP contribution in [0.3, 0.4) is 0 Å². The molecule has 0 amide bonds. The van der Waals surface area contributed by atoms with Crippen LogP contribution in [0, 0.1) is 0 Å². The fourth-order valence-electron chi connectivity index (χ4n) is 1.10. The van der Waals surface area contributed by atoms with Crippen molar-refractivity contribution in [3.63, 3.8) is 0 Å². The molecule has 0 spiro atoms. The van der Waals surface area contributed by atoms with Crippen molar-refractivity contribution < 1.29 is 4.74 Å². The lowest BCUT2D eigenvalue weighted by molar-refractivity contribution is 0.203. The van der Waals surface area contributed by atoms with E-state index in [0.29, 0.717) is 6.61 Å². The van der Waals surface area contributed by atoms with Crippen LogP contribution in [-0.2, 0) is 11.3 Å². The molecule has 1 heterocycles. The van der Waals surface area contributed by atoms with Gasteiger partial charge >= 0.3 is 0 Å². The van der Waals surface area contributed by atoms with Crippen LogP contribution in [0.25, 0.3) is 0 Å². The van der Waals surface area contributed by atoms with Gasteiger partial charge in [0.15, 0.2) is 5.11 Å². The molecule has 3 nitrogen and oxygen atoms in total. The Labute approximate surface area is 100 Å². The Hall–Kier alpha value is -0.650. The summed E-state index contributed by atoms with van der Waals surface area (Å²) in [6, 6.07) is 4.16. The van der Waals surface area contributed by atoms with Gasteiger partial charge in [0.1, 0.15) is 0 Å². The van der Waals surface area contributed by atoms with Crippen molar-refractivity contribution in [1.82, 2.24) is 10.2 Å². The van der Waals surface area contributed by atoms with E-state index in [1.165, 1.54) is 4.88 Å². The van der Waals surface area contributed by atoms with E-state index in [-0.39, 0.29) is 0 Å². The summed E-state index contributed by atoms with van der Waals surface area (Å²) >= 11 is 6.97. The summed E-state index contributed by atoms with van der Waals surface area (Å²) in [5.74, 6) is 0. The van der Waals surface area contributed by atoms with Crippen molar-refractivity contribution in [3.8, 4) is 0 Å². The third-order valence-corrected chi connectivity index (χ3v) is 3.22. The highest BCUT2D eigenvalue weighted by atomic mass is 32.1. The first-order chi connectivity index (χ1) is 7.24. The van der Waals surface area contributed by atoms with Crippen LogP contribution in [0.4, 0.5) is 0 Å². The summed E-state index contributed by atoms with van der Waals surface area (Å²) in [5, 5.41) is 5.97. The fourth-order valence-corrected chi connectivity index (χ4v) is 2.03. The molecule has 0 aliphatic rings. The van der Waals surface area contributed by atoms with E-state index in [0.717, 1.165) is 18.2 Å². The highest BCUT2D eigenvalue weighted by Crippen LogP contribution is 2.10. The van der Waals surface area contributed by atoms with Crippen molar-refractivity contribution in [2.75, 3.05) is 27.3 Å². The van der Waals surface area contributed by atoms with Gasteiger partial charge in [0.2, 0.25) is 0 Å². The zero-order valence-corrected chi connectivity index (χ0v) is 10.7. The lowest BCUT2D eigenvalue weighted by Crippen LogP contribution is -2.37. The minimum Gasteiger partial charge on any atom is -0.383 e. The summed E-state index contributed by atoms with van der Waals surface area (Å²) < 4.78 is 4.94. The summed E-state index contributed by atoms with van der Waals surface area (Å²) in [6.45, 7) is 2.29. The predicted octanol–water partition coefficient (Wildman–Crippen LogP) is 1.70. The molecule has 5 heteroatoms. The number of rotatable bonds is 5. The molecule has 0 saturated heterocycles. The normalized spacial score (nSPS) is 10.0. The van der Waals surface area contributed by atoms with Gasteiger partial charge in [0, 0.05) is 25.6 Å². The van der Waals surface area contributed by atoms with Gasteiger partial charge in [-0.15, -0.1) is 11.3 Å². The Kier molecular flexibility index (Phi) is 5.60. The second-order valence-electron chi connectivity index (χ2n) is 3.16.